The molecule has 0 radical (unpaired) electrons. The topological polar surface area (TPSA) is 49.7 Å². The van der Waals surface area contributed by atoms with Crippen LogP contribution in [-0.4, -0.2) is 83.6 Å². The van der Waals surface area contributed by atoms with E-state index in [1.807, 2.05) is 0 Å². The van der Waals surface area contributed by atoms with Crippen LogP contribution >= 0.6 is 0 Å². The van der Waals surface area contributed by atoms with Crippen molar-refractivity contribution in [2.45, 2.75) is 39.3 Å². The molecule has 1 aromatic heterocycles. The van der Waals surface area contributed by atoms with Gasteiger partial charge in [-0.2, -0.15) is 0 Å². The van der Waals surface area contributed by atoms with Gasteiger partial charge in [0.2, 0.25) is 0 Å². The second kappa shape index (κ2) is 9.67. The largest absolute Gasteiger partial charge is 0.379 e. The monoisotopic (exact) mass is 424 g/mol. The molecule has 3 aliphatic rings. The standard InChI is InChI=1S/C24H36N6O/c1-20-3-2-4-22(17-20)29-12-10-27(11-13-29)8-9-28(18-21-5-6-21)19-24-26-25-23-7-15-31-16-14-30(23)24/h2-4,17,21H,5-16,18-19H2,1H3. The molecule has 0 atom stereocenters. The van der Waals surface area contributed by atoms with Crippen molar-refractivity contribution in [2.24, 2.45) is 5.92 Å². The number of aryl methyl sites for hydroxylation is 1. The Bertz CT molecular complexity index is 856. The third kappa shape index (κ3) is 5.45. The summed E-state index contributed by atoms with van der Waals surface area (Å²) in [6, 6.07) is 8.89. The van der Waals surface area contributed by atoms with Crippen molar-refractivity contribution in [3.63, 3.8) is 0 Å². The molecule has 0 amide bonds. The zero-order valence-corrected chi connectivity index (χ0v) is 18.9. The lowest BCUT2D eigenvalue weighted by Gasteiger charge is -2.37. The van der Waals surface area contributed by atoms with E-state index in [4.69, 9.17) is 4.74 Å². The highest BCUT2D eigenvalue weighted by Crippen LogP contribution is 2.30. The lowest BCUT2D eigenvalue weighted by molar-refractivity contribution is 0.138. The van der Waals surface area contributed by atoms with E-state index in [9.17, 15) is 0 Å². The molecule has 2 fully saturated rings. The summed E-state index contributed by atoms with van der Waals surface area (Å²) in [4.78, 5) is 7.77. The average Bonchev–Trinajstić information content (AvgIpc) is 3.57. The van der Waals surface area contributed by atoms with Crippen LogP contribution in [0.1, 0.15) is 30.1 Å². The SMILES string of the molecule is Cc1cccc(N2CCN(CCN(Cc3nnc4n3CCOCC4)CC3CC3)CC2)c1. The maximum atomic E-state index is 5.63. The summed E-state index contributed by atoms with van der Waals surface area (Å²) in [6.07, 6.45) is 3.65. The first-order chi connectivity index (χ1) is 15.2. The van der Waals surface area contributed by atoms with Crippen LogP contribution in [0.3, 0.4) is 0 Å². The predicted molar refractivity (Wildman–Crippen MR) is 122 cm³/mol. The maximum Gasteiger partial charge on any atom is 0.147 e. The van der Waals surface area contributed by atoms with E-state index in [-0.39, 0.29) is 0 Å². The molecule has 1 saturated carbocycles. The Kier molecular flexibility index (Phi) is 6.53. The molecule has 0 bridgehead atoms. The van der Waals surface area contributed by atoms with Crippen LogP contribution in [0.4, 0.5) is 5.69 Å². The fourth-order valence-corrected chi connectivity index (χ4v) is 4.79. The van der Waals surface area contributed by atoms with Gasteiger partial charge in [0.15, 0.2) is 0 Å². The van der Waals surface area contributed by atoms with Crippen LogP contribution in [0.2, 0.25) is 0 Å². The minimum atomic E-state index is 0.762. The summed E-state index contributed by atoms with van der Waals surface area (Å²) in [5.41, 5.74) is 2.71. The lowest BCUT2D eigenvalue weighted by Crippen LogP contribution is -2.48. The van der Waals surface area contributed by atoms with Crippen molar-refractivity contribution in [3.8, 4) is 0 Å². The normalized spacial score (nSPS) is 20.1. The molecule has 2 aromatic rings. The number of aromatic nitrogens is 3. The summed E-state index contributed by atoms with van der Waals surface area (Å²) >= 11 is 0. The number of piperazine rings is 1. The van der Waals surface area contributed by atoms with Gasteiger partial charge in [-0.1, -0.05) is 12.1 Å². The molecule has 5 rings (SSSR count). The number of fused-ring (bicyclic) bond motifs is 1. The van der Waals surface area contributed by atoms with Crippen LogP contribution in [0.25, 0.3) is 0 Å². The summed E-state index contributed by atoms with van der Waals surface area (Å²) in [5, 5.41) is 9.00. The smallest absolute Gasteiger partial charge is 0.147 e. The van der Waals surface area contributed by atoms with Gasteiger partial charge in [0.25, 0.3) is 0 Å². The number of hydrogen-bond donors (Lipinski definition) is 0. The summed E-state index contributed by atoms with van der Waals surface area (Å²) in [7, 11) is 0. The number of anilines is 1. The summed E-state index contributed by atoms with van der Waals surface area (Å²) in [6.45, 7) is 13.5. The Balaban J connectivity index is 1.15. The highest BCUT2D eigenvalue weighted by Gasteiger charge is 2.26. The molecular formula is C24H36N6O. The van der Waals surface area contributed by atoms with E-state index in [1.165, 1.54) is 30.6 Å². The minimum absolute atomic E-state index is 0.762. The Morgan fingerprint density at radius 2 is 1.94 bits per heavy atom. The summed E-state index contributed by atoms with van der Waals surface area (Å²) < 4.78 is 7.93. The fraction of sp³-hybridized carbons (Fsp3) is 0.667. The first-order valence-corrected chi connectivity index (χ1v) is 12.0. The third-order valence-corrected chi connectivity index (χ3v) is 6.88. The molecule has 0 unspecified atom stereocenters. The van der Waals surface area contributed by atoms with Gasteiger partial charge in [-0.05, 0) is 43.4 Å². The van der Waals surface area contributed by atoms with E-state index < -0.39 is 0 Å². The molecule has 7 heteroatoms. The molecule has 168 valence electrons. The van der Waals surface area contributed by atoms with Crippen LogP contribution in [0.15, 0.2) is 24.3 Å². The number of rotatable bonds is 8. The predicted octanol–water partition coefficient (Wildman–Crippen LogP) is 2.19. The second-order valence-electron chi connectivity index (χ2n) is 9.39. The molecule has 0 spiro atoms. The fourth-order valence-electron chi connectivity index (χ4n) is 4.79. The maximum absolute atomic E-state index is 5.63. The van der Waals surface area contributed by atoms with Gasteiger partial charge in [0.05, 0.1) is 19.8 Å². The molecule has 2 aliphatic heterocycles. The van der Waals surface area contributed by atoms with Crippen LogP contribution in [0, 0.1) is 12.8 Å². The minimum Gasteiger partial charge on any atom is -0.379 e. The quantitative estimate of drug-likeness (QED) is 0.648. The number of ether oxygens (including phenoxy) is 1. The van der Waals surface area contributed by atoms with E-state index >= 15 is 0 Å². The van der Waals surface area contributed by atoms with Gasteiger partial charge >= 0.3 is 0 Å². The van der Waals surface area contributed by atoms with Gasteiger partial charge in [-0.3, -0.25) is 9.80 Å². The number of nitrogens with zero attached hydrogens (tertiary/aromatic N) is 6. The zero-order chi connectivity index (χ0) is 21.0. The first-order valence-electron chi connectivity index (χ1n) is 12.0. The van der Waals surface area contributed by atoms with Gasteiger partial charge < -0.3 is 14.2 Å². The number of hydrogen-bond acceptors (Lipinski definition) is 6. The van der Waals surface area contributed by atoms with Gasteiger partial charge in [0, 0.05) is 64.5 Å². The molecule has 1 aromatic carbocycles. The Morgan fingerprint density at radius 1 is 1.06 bits per heavy atom. The molecule has 31 heavy (non-hydrogen) atoms. The van der Waals surface area contributed by atoms with Crippen molar-refractivity contribution < 1.29 is 4.74 Å². The Labute approximate surface area is 186 Å². The van der Waals surface area contributed by atoms with E-state index in [0.717, 1.165) is 89.6 Å². The van der Waals surface area contributed by atoms with Gasteiger partial charge in [-0.15, -0.1) is 10.2 Å². The van der Waals surface area contributed by atoms with Crippen LogP contribution in [-0.2, 0) is 24.2 Å². The van der Waals surface area contributed by atoms with E-state index in [2.05, 4.69) is 60.7 Å². The number of benzene rings is 1. The second-order valence-corrected chi connectivity index (χ2v) is 9.39. The highest BCUT2D eigenvalue weighted by molar-refractivity contribution is 5.48. The average molecular weight is 425 g/mol. The van der Waals surface area contributed by atoms with Crippen LogP contribution < -0.4 is 4.90 Å². The molecule has 3 heterocycles. The summed E-state index contributed by atoms with van der Waals surface area (Å²) in [5.74, 6) is 3.09. The first kappa shape index (κ1) is 20.9. The molecule has 1 aliphatic carbocycles. The van der Waals surface area contributed by atoms with Crippen molar-refractivity contribution in [1.29, 1.82) is 0 Å². The van der Waals surface area contributed by atoms with Crippen molar-refractivity contribution in [1.82, 2.24) is 24.6 Å². The lowest BCUT2D eigenvalue weighted by atomic mass is 10.2. The van der Waals surface area contributed by atoms with Crippen molar-refractivity contribution in [3.05, 3.63) is 41.5 Å². The molecule has 7 nitrogen and oxygen atoms in total. The van der Waals surface area contributed by atoms with Gasteiger partial charge in [-0.25, -0.2) is 0 Å². The Morgan fingerprint density at radius 3 is 2.74 bits per heavy atom. The molecule has 0 N–H and O–H groups in total. The molecular weight excluding hydrogens is 388 g/mol. The van der Waals surface area contributed by atoms with Crippen molar-refractivity contribution >= 4 is 5.69 Å². The van der Waals surface area contributed by atoms with Crippen molar-refractivity contribution in [2.75, 3.05) is 63.9 Å². The Hall–Kier alpha value is -1.96. The van der Waals surface area contributed by atoms with Gasteiger partial charge in [0.1, 0.15) is 11.6 Å². The highest BCUT2D eigenvalue weighted by atomic mass is 16.5. The zero-order valence-electron chi connectivity index (χ0n) is 18.9. The van der Waals surface area contributed by atoms with Crippen LogP contribution in [0.5, 0.6) is 0 Å². The van der Waals surface area contributed by atoms with E-state index in [0.29, 0.717) is 0 Å². The third-order valence-electron chi connectivity index (χ3n) is 6.88. The van der Waals surface area contributed by atoms with E-state index in [1.54, 1.807) is 0 Å². The molecule has 1 saturated heterocycles.